The summed E-state index contributed by atoms with van der Waals surface area (Å²) in [5.74, 6) is 0.967. The Hall–Kier alpha value is -0.120. The first-order valence-corrected chi connectivity index (χ1v) is 7.82. The first-order chi connectivity index (χ1) is 8.69. The fraction of sp³-hybridized carbons (Fsp3) is 1.00. The van der Waals surface area contributed by atoms with Gasteiger partial charge < -0.3 is 14.7 Å². The van der Waals surface area contributed by atoms with Crippen molar-refractivity contribution in [3.63, 3.8) is 0 Å². The lowest BCUT2D eigenvalue weighted by atomic mass is 9.72. The second kappa shape index (κ2) is 5.10. The maximum Gasteiger partial charge on any atom is 0.00484 e. The van der Waals surface area contributed by atoms with Crippen molar-refractivity contribution in [2.75, 3.05) is 59.4 Å². The topological polar surface area (TPSA) is 9.72 Å². The van der Waals surface area contributed by atoms with Crippen LogP contribution in [-0.2, 0) is 0 Å². The van der Waals surface area contributed by atoms with Crippen molar-refractivity contribution in [3.05, 3.63) is 0 Å². The molecule has 0 atom stereocenters. The molecule has 0 bridgehead atoms. The van der Waals surface area contributed by atoms with Gasteiger partial charge >= 0.3 is 0 Å². The molecule has 0 N–H and O–H groups in total. The molecule has 3 fully saturated rings. The molecule has 3 nitrogen and oxygen atoms in total. The zero-order valence-corrected chi connectivity index (χ0v) is 12.2. The van der Waals surface area contributed by atoms with Crippen LogP contribution in [0, 0.1) is 11.3 Å². The van der Waals surface area contributed by atoms with Crippen LogP contribution in [0.5, 0.6) is 0 Å². The SMILES string of the molecule is CCCN1CC(CN2CCC3(CC2)CN(C)C3)C1. The third-order valence-corrected chi connectivity index (χ3v) is 5.22. The predicted octanol–water partition coefficient (Wildman–Crippen LogP) is 1.36. The van der Waals surface area contributed by atoms with Gasteiger partial charge in [0.15, 0.2) is 0 Å². The Morgan fingerprint density at radius 3 is 2.28 bits per heavy atom. The monoisotopic (exact) mass is 251 g/mol. The summed E-state index contributed by atoms with van der Waals surface area (Å²) in [6.07, 6.45) is 4.21. The van der Waals surface area contributed by atoms with Crippen LogP contribution in [0.4, 0.5) is 0 Å². The van der Waals surface area contributed by atoms with E-state index in [1.165, 1.54) is 71.6 Å². The molecule has 104 valence electrons. The van der Waals surface area contributed by atoms with Gasteiger partial charge in [-0.3, -0.25) is 0 Å². The lowest BCUT2D eigenvalue weighted by Crippen LogP contribution is -2.60. The molecule has 0 aromatic carbocycles. The highest BCUT2D eigenvalue weighted by Gasteiger charge is 2.43. The van der Waals surface area contributed by atoms with Crippen LogP contribution < -0.4 is 0 Å². The first kappa shape index (κ1) is 12.9. The molecule has 18 heavy (non-hydrogen) atoms. The zero-order valence-electron chi connectivity index (χ0n) is 12.2. The molecule has 0 aromatic rings. The number of hydrogen-bond acceptors (Lipinski definition) is 3. The number of piperidine rings is 1. The maximum absolute atomic E-state index is 2.73. The third-order valence-electron chi connectivity index (χ3n) is 5.22. The Morgan fingerprint density at radius 1 is 1.06 bits per heavy atom. The van der Waals surface area contributed by atoms with Gasteiger partial charge in [-0.25, -0.2) is 0 Å². The predicted molar refractivity (Wildman–Crippen MR) is 75.8 cm³/mol. The quantitative estimate of drug-likeness (QED) is 0.747. The molecule has 0 radical (unpaired) electrons. The van der Waals surface area contributed by atoms with Crippen LogP contribution in [0.1, 0.15) is 26.2 Å². The van der Waals surface area contributed by atoms with Gasteiger partial charge in [-0.1, -0.05) is 6.92 Å². The van der Waals surface area contributed by atoms with Crippen LogP contribution in [0.15, 0.2) is 0 Å². The molecule has 0 unspecified atom stereocenters. The van der Waals surface area contributed by atoms with E-state index in [2.05, 4.69) is 28.7 Å². The van der Waals surface area contributed by atoms with E-state index < -0.39 is 0 Å². The Labute approximate surface area is 112 Å². The summed E-state index contributed by atoms with van der Waals surface area (Å²) in [5, 5.41) is 0. The standard InChI is InChI=1S/C15H29N3/c1-3-6-18-10-14(11-18)9-17-7-4-15(5-8-17)12-16(2)13-15/h14H,3-13H2,1-2H3. The van der Waals surface area contributed by atoms with Crippen molar-refractivity contribution in [2.24, 2.45) is 11.3 Å². The first-order valence-electron chi connectivity index (χ1n) is 7.82. The van der Waals surface area contributed by atoms with Gasteiger partial charge in [0.25, 0.3) is 0 Å². The molecule has 0 aromatic heterocycles. The lowest BCUT2D eigenvalue weighted by Gasteiger charge is -2.53. The normalized spacial score (nSPS) is 30.3. The maximum atomic E-state index is 2.73. The zero-order chi connectivity index (χ0) is 12.6. The summed E-state index contributed by atoms with van der Waals surface area (Å²) in [6.45, 7) is 13.1. The van der Waals surface area contributed by atoms with Crippen LogP contribution >= 0.6 is 0 Å². The number of hydrogen-bond donors (Lipinski definition) is 0. The molecular formula is C15H29N3. The van der Waals surface area contributed by atoms with E-state index in [-0.39, 0.29) is 0 Å². The van der Waals surface area contributed by atoms with Gasteiger partial charge in [-0.15, -0.1) is 0 Å². The number of likely N-dealkylation sites (tertiary alicyclic amines) is 3. The van der Waals surface area contributed by atoms with Crippen molar-refractivity contribution in [1.29, 1.82) is 0 Å². The van der Waals surface area contributed by atoms with Gasteiger partial charge in [0.2, 0.25) is 0 Å². The molecule has 3 aliphatic heterocycles. The Kier molecular flexibility index (Phi) is 3.65. The number of rotatable bonds is 4. The van der Waals surface area contributed by atoms with Crippen molar-refractivity contribution in [1.82, 2.24) is 14.7 Å². The fourth-order valence-electron chi connectivity index (χ4n) is 4.28. The van der Waals surface area contributed by atoms with E-state index in [4.69, 9.17) is 0 Å². The van der Waals surface area contributed by atoms with E-state index in [0.29, 0.717) is 0 Å². The van der Waals surface area contributed by atoms with E-state index in [0.717, 1.165) is 11.3 Å². The molecule has 0 amide bonds. The molecule has 3 saturated heterocycles. The van der Waals surface area contributed by atoms with Crippen LogP contribution in [0.3, 0.4) is 0 Å². The second-order valence-electron chi connectivity index (χ2n) is 7.10. The minimum atomic E-state index is 0.721. The average molecular weight is 251 g/mol. The minimum absolute atomic E-state index is 0.721. The molecule has 1 spiro atoms. The summed E-state index contributed by atoms with van der Waals surface area (Å²) in [4.78, 5) is 7.82. The third kappa shape index (κ3) is 2.59. The minimum Gasteiger partial charge on any atom is -0.305 e. The molecule has 3 heterocycles. The summed E-state index contributed by atoms with van der Waals surface area (Å²) in [5.41, 5.74) is 0.721. The summed E-state index contributed by atoms with van der Waals surface area (Å²) >= 11 is 0. The van der Waals surface area contributed by atoms with Crippen molar-refractivity contribution in [2.45, 2.75) is 26.2 Å². The second-order valence-corrected chi connectivity index (χ2v) is 7.10. The lowest BCUT2D eigenvalue weighted by molar-refractivity contribution is -0.0403. The molecule has 3 heteroatoms. The highest BCUT2D eigenvalue weighted by atomic mass is 15.2. The van der Waals surface area contributed by atoms with Crippen molar-refractivity contribution in [3.8, 4) is 0 Å². The average Bonchev–Trinajstić information content (AvgIpc) is 2.27. The molecule has 3 aliphatic rings. The van der Waals surface area contributed by atoms with Gasteiger partial charge in [-0.2, -0.15) is 0 Å². The van der Waals surface area contributed by atoms with Gasteiger partial charge in [0.05, 0.1) is 0 Å². The van der Waals surface area contributed by atoms with Crippen molar-refractivity contribution < 1.29 is 0 Å². The van der Waals surface area contributed by atoms with Gasteiger partial charge in [0.1, 0.15) is 0 Å². The van der Waals surface area contributed by atoms with E-state index in [1.807, 2.05) is 0 Å². The Bertz CT molecular complexity index is 269. The van der Waals surface area contributed by atoms with Crippen molar-refractivity contribution >= 4 is 0 Å². The highest BCUT2D eigenvalue weighted by molar-refractivity contribution is 4.97. The molecule has 0 aliphatic carbocycles. The summed E-state index contributed by atoms with van der Waals surface area (Å²) in [7, 11) is 2.26. The fourth-order valence-corrected chi connectivity index (χ4v) is 4.28. The van der Waals surface area contributed by atoms with Crippen LogP contribution in [-0.4, -0.2) is 74.1 Å². The Morgan fingerprint density at radius 2 is 1.72 bits per heavy atom. The largest absolute Gasteiger partial charge is 0.305 e. The summed E-state index contributed by atoms with van der Waals surface area (Å²) in [6, 6.07) is 0. The Balaban J connectivity index is 1.34. The summed E-state index contributed by atoms with van der Waals surface area (Å²) < 4.78 is 0. The highest BCUT2D eigenvalue weighted by Crippen LogP contribution is 2.39. The molecule has 0 saturated carbocycles. The number of nitrogens with zero attached hydrogens (tertiary/aromatic N) is 3. The van der Waals surface area contributed by atoms with E-state index in [1.54, 1.807) is 0 Å². The van der Waals surface area contributed by atoms with Gasteiger partial charge in [-0.05, 0) is 57.3 Å². The van der Waals surface area contributed by atoms with E-state index in [9.17, 15) is 0 Å². The molecular weight excluding hydrogens is 222 g/mol. The smallest absolute Gasteiger partial charge is 0.00484 e. The molecule has 3 rings (SSSR count). The van der Waals surface area contributed by atoms with E-state index >= 15 is 0 Å². The van der Waals surface area contributed by atoms with Crippen LogP contribution in [0.2, 0.25) is 0 Å². The van der Waals surface area contributed by atoms with Crippen LogP contribution in [0.25, 0.3) is 0 Å². The van der Waals surface area contributed by atoms with Gasteiger partial charge in [0, 0.05) is 32.7 Å².